The first-order chi connectivity index (χ1) is 8.64. The molecule has 0 radical (unpaired) electrons. The van der Waals surface area contributed by atoms with Gasteiger partial charge in [-0.1, -0.05) is 19.9 Å². The van der Waals surface area contributed by atoms with Crippen molar-refractivity contribution < 1.29 is 9.31 Å². The maximum atomic E-state index is 12.0. The predicted octanol–water partition coefficient (Wildman–Crippen LogP) is 1.80. The lowest BCUT2D eigenvalue weighted by Gasteiger charge is -2.32. The zero-order chi connectivity index (χ0) is 14.4. The molecule has 1 fully saturated rings. The van der Waals surface area contributed by atoms with Gasteiger partial charge in [-0.3, -0.25) is 4.79 Å². The van der Waals surface area contributed by atoms with Gasteiger partial charge in [0.1, 0.15) is 0 Å². The smallest absolute Gasteiger partial charge is 0.399 e. The Kier molecular flexibility index (Phi) is 3.39. The first kappa shape index (κ1) is 14.3. The van der Waals surface area contributed by atoms with E-state index in [1.54, 1.807) is 6.20 Å². The van der Waals surface area contributed by atoms with Gasteiger partial charge >= 0.3 is 7.12 Å². The molecule has 0 aromatic carbocycles. The Morgan fingerprint density at radius 1 is 1.16 bits per heavy atom. The Hall–Kier alpha value is -1.07. The lowest BCUT2D eigenvalue weighted by atomic mass is 9.79. The minimum atomic E-state index is -0.604. The summed E-state index contributed by atoms with van der Waals surface area (Å²) in [6.45, 7) is 12.1. The molecule has 1 saturated heterocycles. The molecular formula is C14H22BNO3. The van der Waals surface area contributed by atoms with Crippen LogP contribution in [0.2, 0.25) is 0 Å². The second-order valence-corrected chi connectivity index (χ2v) is 6.46. The minimum Gasteiger partial charge on any atom is -0.399 e. The van der Waals surface area contributed by atoms with Gasteiger partial charge in [0.25, 0.3) is 0 Å². The largest absolute Gasteiger partial charge is 0.500 e. The van der Waals surface area contributed by atoms with Crippen LogP contribution in [-0.4, -0.2) is 23.3 Å². The van der Waals surface area contributed by atoms with Crippen molar-refractivity contribution in [3.63, 3.8) is 0 Å². The third kappa shape index (κ3) is 2.49. The summed E-state index contributed by atoms with van der Waals surface area (Å²) in [5.41, 5.74) is 0.604. The van der Waals surface area contributed by atoms with Crippen LogP contribution in [0.25, 0.3) is 0 Å². The van der Waals surface area contributed by atoms with Crippen LogP contribution in [-0.2, 0) is 9.31 Å². The van der Waals surface area contributed by atoms with Gasteiger partial charge in [-0.05, 0) is 39.2 Å². The van der Waals surface area contributed by atoms with Crippen LogP contribution in [0, 0.1) is 0 Å². The molecule has 1 aliphatic heterocycles. The molecule has 19 heavy (non-hydrogen) atoms. The van der Waals surface area contributed by atoms with Crippen molar-refractivity contribution >= 4 is 12.6 Å². The Bertz CT molecular complexity index is 518. The molecule has 104 valence electrons. The van der Waals surface area contributed by atoms with Crippen molar-refractivity contribution in [2.45, 2.75) is 58.7 Å². The number of H-pyrrole nitrogens is 1. The van der Waals surface area contributed by atoms with Crippen LogP contribution in [0.3, 0.4) is 0 Å². The van der Waals surface area contributed by atoms with Crippen molar-refractivity contribution in [2.75, 3.05) is 0 Å². The molecular weight excluding hydrogens is 241 g/mol. The van der Waals surface area contributed by atoms with Crippen molar-refractivity contribution in [2.24, 2.45) is 0 Å². The number of hydrogen-bond donors (Lipinski definition) is 1. The number of rotatable bonds is 2. The van der Waals surface area contributed by atoms with Gasteiger partial charge in [0.15, 0.2) is 0 Å². The lowest BCUT2D eigenvalue weighted by Crippen LogP contribution is -2.45. The average molecular weight is 263 g/mol. The van der Waals surface area contributed by atoms with Gasteiger partial charge < -0.3 is 14.3 Å². The van der Waals surface area contributed by atoms with Crippen LogP contribution >= 0.6 is 0 Å². The first-order valence-electron chi connectivity index (χ1n) is 6.72. The van der Waals surface area contributed by atoms with Crippen molar-refractivity contribution in [3.05, 3.63) is 28.2 Å². The number of pyridine rings is 1. The van der Waals surface area contributed by atoms with Gasteiger partial charge in [-0.15, -0.1) is 0 Å². The van der Waals surface area contributed by atoms with Crippen molar-refractivity contribution in [1.82, 2.24) is 4.98 Å². The van der Waals surface area contributed by atoms with E-state index in [-0.39, 0.29) is 5.56 Å². The average Bonchev–Trinajstić information content (AvgIpc) is 2.48. The van der Waals surface area contributed by atoms with Gasteiger partial charge in [0, 0.05) is 11.7 Å². The standard InChI is InChI=1S/C14H22BNO3/c1-9(2)10-7-11(12(17)16-8-10)15-18-13(3,4)14(5,6)19-15/h7-9H,1-6H3,(H,16,17). The topological polar surface area (TPSA) is 51.3 Å². The van der Waals surface area contributed by atoms with E-state index in [1.165, 1.54) is 0 Å². The summed E-state index contributed by atoms with van der Waals surface area (Å²) in [5, 5.41) is 0. The maximum Gasteiger partial charge on any atom is 0.500 e. The van der Waals surface area contributed by atoms with Crippen LogP contribution in [0.15, 0.2) is 17.1 Å². The fourth-order valence-corrected chi connectivity index (χ4v) is 2.00. The molecule has 0 saturated carbocycles. The van der Waals surface area contributed by atoms with E-state index in [9.17, 15) is 4.79 Å². The molecule has 0 bridgehead atoms. The van der Waals surface area contributed by atoms with E-state index >= 15 is 0 Å². The highest BCUT2D eigenvalue weighted by Gasteiger charge is 2.52. The number of aromatic amines is 1. The van der Waals surface area contributed by atoms with Crippen LogP contribution in [0.1, 0.15) is 53.0 Å². The zero-order valence-electron chi connectivity index (χ0n) is 12.5. The fraction of sp³-hybridized carbons (Fsp3) is 0.643. The van der Waals surface area contributed by atoms with E-state index in [2.05, 4.69) is 18.8 Å². The quantitative estimate of drug-likeness (QED) is 0.828. The Labute approximate surface area is 114 Å². The normalized spacial score (nSPS) is 21.1. The Morgan fingerprint density at radius 2 is 1.68 bits per heavy atom. The van der Waals surface area contributed by atoms with Crippen LogP contribution < -0.4 is 11.0 Å². The van der Waals surface area contributed by atoms with Gasteiger partial charge in [-0.2, -0.15) is 0 Å². The minimum absolute atomic E-state index is 0.150. The molecule has 0 unspecified atom stereocenters. The second kappa shape index (κ2) is 4.49. The van der Waals surface area contributed by atoms with Crippen LogP contribution in [0.4, 0.5) is 0 Å². The molecule has 0 amide bonds. The van der Waals surface area contributed by atoms with E-state index < -0.39 is 18.3 Å². The molecule has 4 nitrogen and oxygen atoms in total. The molecule has 1 aromatic heterocycles. The zero-order valence-corrected chi connectivity index (χ0v) is 12.5. The highest BCUT2D eigenvalue weighted by atomic mass is 16.7. The summed E-state index contributed by atoms with van der Waals surface area (Å²) >= 11 is 0. The maximum absolute atomic E-state index is 12.0. The number of nitrogens with one attached hydrogen (secondary N) is 1. The van der Waals surface area contributed by atoms with E-state index in [4.69, 9.17) is 9.31 Å². The van der Waals surface area contributed by atoms with Crippen molar-refractivity contribution in [1.29, 1.82) is 0 Å². The molecule has 0 atom stereocenters. The Balaban J connectivity index is 2.39. The molecule has 1 N–H and O–H groups in total. The summed E-state index contributed by atoms with van der Waals surface area (Å²) < 4.78 is 11.8. The molecule has 1 aromatic rings. The molecule has 0 aliphatic carbocycles. The summed E-state index contributed by atoms with van der Waals surface area (Å²) in [7, 11) is -0.604. The fourth-order valence-electron chi connectivity index (χ4n) is 2.00. The van der Waals surface area contributed by atoms with E-state index in [0.29, 0.717) is 11.4 Å². The molecule has 0 spiro atoms. The van der Waals surface area contributed by atoms with Gasteiger partial charge in [0.05, 0.1) is 11.2 Å². The monoisotopic (exact) mass is 263 g/mol. The van der Waals surface area contributed by atoms with Gasteiger partial charge in [-0.25, -0.2) is 0 Å². The number of aromatic nitrogens is 1. The van der Waals surface area contributed by atoms with E-state index in [1.807, 2.05) is 33.8 Å². The van der Waals surface area contributed by atoms with E-state index in [0.717, 1.165) is 5.56 Å². The van der Waals surface area contributed by atoms with Gasteiger partial charge in [0.2, 0.25) is 5.56 Å². The predicted molar refractivity (Wildman–Crippen MR) is 76.9 cm³/mol. The molecule has 1 aliphatic rings. The highest BCUT2D eigenvalue weighted by molar-refractivity contribution is 6.62. The third-order valence-electron chi connectivity index (χ3n) is 4.13. The second-order valence-electron chi connectivity index (χ2n) is 6.46. The van der Waals surface area contributed by atoms with Crippen molar-refractivity contribution in [3.8, 4) is 0 Å². The Morgan fingerprint density at radius 3 is 2.16 bits per heavy atom. The lowest BCUT2D eigenvalue weighted by molar-refractivity contribution is 0.00578. The molecule has 5 heteroatoms. The highest BCUT2D eigenvalue weighted by Crippen LogP contribution is 2.36. The number of hydrogen-bond acceptors (Lipinski definition) is 3. The summed E-state index contributed by atoms with van der Waals surface area (Å²) in [6, 6.07) is 1.88. The molecule has 2 rings (SSSR count). The molecule has 2 heterocycles. The summed E-state index contributed by atoms with van der Waals surface area (Å²) in [5.74, 6) is 0.345. The SMILES string of the molecule is CC(C)c1c[nH]c(=O)c(B2OC(C)(C)C(C)(C)O2)c1. The van der Waals surface area contributed by atoms with Crippen LogP contribution in [0.5, 0.6) is 0 Å². The summed E-state index contributed by atoms with van der Waals surface area (Å²) in [6.07, 6.45) is 1.75. The first-order valence-corrected chi connectivity index (χ1v) is 6.72. The summed E-state index contributed by atoms with van der Waals surface area (Å²) in [4.78, 5) is 14.8. The third-order valence-corrected chi connectivity index (χ3v) is 4.13.